The minimum Gasteiger partial charge on any atom is -0.340 e. The molecular weight excluding hydrogens is 376 g/mol. The maximum absolute atomic E-state index is 13.5. The van der Waals surface area contributed by atoms with Crippen molar-refractivity contribution >= 4 is 17.5 Å². The Kier molecular flexibility index (Phi) is 5.31. The lowest BCUT2D eigenvalue weighted by molar-refractivity contribution is -0.135. The van der Waals surface area contributed by atoms with Gasteiger partial charge in [0.25, 0.3) is 0 Å². The first-order valence-corrected chi connectivity index (χ1v) is 9.92. The number of fused-ring (bicyclic) bond motifs is 1. The topological polar surface area (TPSA) is 66.4 Å². The fourth-order valence-electron chi connectivity index (χ4n) is 4.20. The molecule has 0 unspecified atom stereocenters. The smallest absolute Gasteiger partial charge is 0.238 e. The van der Waals surface area contributed by atoms with Gasteiger partial charge in [-0.2, -0.15) is 0 Å². The number of hydrogen-bond acceptors (Lipinski definition) is 4. The van der Waals surface area contributed by atoms with Crippen molar-refractivity contribution in [1.29, 1.82) is 0 Å². The molecule has 6 heteroatoms. The van der Waals surface area contributed by atoms with Gasteiger partial charge in [-0.15, -0.1) is 0 Å². The third-order valence-electron chi connectivity index (χ3n) is 5.76. The summed E-state index contributed by atoms with van der Waals surface area (Å²) < 4.78 is 0. The first kappa shape index (κ1) is 19.8. The number of aromatic nitrogens is 2. The van der Waals surface area contributed by atoms with E-state index in [0.29, 0.717) is 13.0 Å². The lowest BCUT2D eigenvalue weighted by atomic mass is 9.73. The Hall–Kier alpha value is -3.54. The number of likely N-dealkylation sites (N-methyl/N-ethyl adjacent to an activating group) is 1. The summed E-state index contributed by atoms with van der Waals surface area (Å²) in [6, 6.07) is 19.4. The average Bonchev–Trinajstić information content (AvgIpc) is 2.97. The maximum atomic E-state index is 13.5. The zero-order chi connectivity index (χ0) is 21.1. The van der Waals surface area contributed by atoms with Crippen LogP contribution in [-0.4, -0.2) is 40.8 Å². The van der Waals surface area contributed by atoms with E-state index in [4.69, 9.17) is 0 Å². The van der Waals surface area contributed by atoms with Crippen LogP contribution in [0, 0.1) is 0 Å². The average molecular weight is 400 g/mol. The van der Waals surface area contributed by atoms with Crippen LogP contribution in [0.15, 0.2) is 73.2 Å². The molecule has 0 spiro atoms. The Morgan fingerprint density at radius 1 is 1.07 bits per heavy atom. The summed E-state index contributed by atoms with van der Waals surface area (Å²) in [7, 11) is 3.53. The fourth-order valence-corrected chi connectivity index (χ4v) is 4.20. The van der Waals surface area contributed by atoms with E-state index in [1.54, 1.807) is 36.2 Å². The van der Waals surface area contributed by atoms with Gasteiger partial charge in [0, 0.05) is 32.4 Å². The number of carbonyl (C=O) groups is 2. The molecule has 1 aliphatic rings. The number of benzene rings is 2. The van der Waals surface area contributed by atoms with Gasteiger partial charge in [0.05, 0.1) is 17.7 Å². The lowest BCUT2D eigenvalue weighted by Crippen LogP contribution is -2.44. The van der Waals surface area contributed by atoms with E-state index < -0.39 is 5.41 Å². The van der Waals surface area contributed by atoms with Crippen LogP contribution in [0.25, 0.3) is 0 Å². The molecule has 30 heavy (non-hydrogen) atoms. The highest BCUT2D eigenvalue weighted by Crippen LogP contribution is 2.45. The number of hydrogen-bond donors (Lipinski definition) is 0. The molecule has 2 aromatic carbocycles. The third kappa shape index (κ3) is 3.56. The predicted molar refractivity (Wildman–Crippen MR) is 115 cm³/mol. The molecule has 0 fully saturated rings. The SMILES string of the molecule is CN(Cc1ccncn1)C(=O)C[C@@]1(Cc2ccccc2)C(=O)N(C)c2ccccc21. The Balaban J connectivity index is 1.68. The zero-order valence-corrected chi connectivity index (χ0v) is 17.2. The molecule has 6 nitrogen and oxygen atoms in total. The fraction of sp³-hybridized carbons (Fsp3) is 0.250. The number of anilines is 1. The Bertz CT molecular complexity index is 1060. The summed E-state index contributed by atoms with van der Waals surface area (Å²) in [5.41, 5.74) is 2.63. The second-order valence-electron chi connectivity index (χ2n) is 7.75. The number of para-hydroxylation sites is 1. The highest BCUT2D eigenvalue weighted by molar-refractivity contribution is 6.09. The van der Waals surface area contributed by atoms with Crippen LogP contribution < -0.4 is 4.90 Å². The Morgan fingerprint density at radius 2 is 1.80 bits per heavy atom. The van der Waals surface area contributed by atoms with Crippen molar-refractivity contribution in [3.8, 4) is 0 Å². The van der Waals surface area contributed by atoms with Gasteiger partial charge in [0.2, 0.25) is 11.8 Å². The van der Waals surface area contributed by atoms with E-state index in [0.717, 1.165) is 22.5 Å². The van der Waals surface area contributed by atoms with Gasteiger partial charge in [0.1, 0.15) is 6.33 Å². The summed E-state index contributed by atoms with van der Waals surface area (Å²) in [5.74, 6) is -0.140. The van der Waals surface area contributed by atoms with Crippen molar-refractivity contribution < 1.29 is 9.59 Å². The zero-order valence-electron chi connectivity index (χ0n) is 17.2. The van der Waals surface area contributed by atoms with E-state index in [-0.39, 0.29) is 18.2 Å². The molecule has 0 bridgehead atoms. The molecule has 1 atom stereocenters. The maximum Gasteiger partial charge on any atom is 0.238 e. The van der Waals surface area contributed by atoms with Crippen molar-refractivity contribution in [3.05, 3.63) is 90.0 Å². The number of nitrogens with zero attached hydrogens (tertiary/aromatic N) is 4. The van der Waals surface area contributed by atoms with Crippen LogP contribution in [0.3, 0.4) is 0 Å². The second-order valence-corrected chi connectivity index (χ2v) is 7.75. The van der Waals surface area contributed by atoms with E-state index in [9.17, 15) is 9.59 Å². The monoisotopic (exact) mass is 400 g/mol. The molecule has 152 valence electrons. The van der Waals surface area contributed by atoms with E-state index in [1.165, 1.54) is 6.33 Å². The summed E-state index contributed by atoms with van der Waals surface area (Å²) >= 11 is 0. The standard InChI is InChI=1S/C24H24N4O2/c1-27(16-19-12-13-25-17-26-19)22(29)15-24(14-18-8-4-3-5-9-18)20-10-6-7-11-21(20)28(2)23(24)30/h3-13,17H,14-16H2,1-2H3/t24-/m1/s1. The first-order chi connectivity index (χ1) is 14.5. The van der Waals surface area contributed by atoms with Crippen molar-refractivity contribution in [2.45, 2.75) is 24.8 Å². The third-order valence-corrected chi connectivity index (χ3v) is 5.76. The Labute approximate surface area is 176 Å². The van der Waals surface area contributed by atoms with Gasteiger partial charge >= 0.3 is 0 Å². The van der Waals surface area contributed by atoms with E-state index >= 15 is 0 Å². The van der Waals surface area contributed by atoms with Crippen LogP contribution >= 0.6 is 0 Å². The van der Waals surface area contributed by atoms with Crippen molar-refractivity contribution in [2.24, 2.45) is 0 Å². The molecule has 0 N–H and O–H groups in total. The first-order valence-electron chi connectivity index (χ1n) is 9.92. The molecule has 0 aliphatic carbocycles. The van der Waals surface area contributed by atoms with Crippen LogP contribution in [0.5, 0.6) is 0 Å². The van der Waals surface area contributed by atoms with Crippen LogP contribution in [0.2, 0.25) is 0 Å². The molecule has 1 aromatic heterocycles. The summed E-state index contributed by atoms with van der Waals surface area (Å²) in [4.78, 5) is 38.2. The van der Waals surface area contributed by atoms with Gasteiger partial charge in [-0.1, -0.05) is 48.5 Å². The van der Waals surface area contributed by atoms with E-state index in [2.05, 4.69) is 9.97 Å². The number of carbonyl (C=O) groups excluding carboxylic acids is 2. The highest BCUT2D eigenvalue weighted by Gasteiger charge is 2.51. The van der Waals surface area contributed by atoms with Gasteiger partial charge in [0.15, 0.2) is 0 Å². The van der Waals surface area contributed by atoms with Crippen LogP contribution in [-0.2, 0) is 28.0 Å². The number of amides is 2. The highest BCUT2D eigenvalue weighted by atomic mass is 16.2. The van der Waals surface area contributed by atoms with Gasteiger partial charge in [-0.3, -0.25) is 9.59 Å². The summed E-state index contributed by atoms with van der Waals surface area (Å²) in [6.07, 6.45) is 3.70. The quantitative estimate of drug-likeness (QED) is 0.638. The summed E-state index contributed by atoms with van der Waals surface area (Å²) in [6.45, 7) is 0.369. The number of rotatable bonds is 6. The molecule has 0 saturated heterocycles. The minimum absolute atomic E-state index is 0.0451. The van der Waals surface area contributed by atoms with Gasteiger partial charge < -0.3 is 9.80 Å². The lowest BCUT2D eigenvalue weighted by Gasteiger charge is -2.30. The molecular formula is C24H24N4O2. The molecule has 4 rings (SSSR count). The van der Waals surface area contributed by atoms with Crippen molar-refractivity contribution in [2.75, 3.05) is 19.0 Å². The molecule has 2 heterocycles. The Morgan fingerprint density at radius 3 is 2.53 bits per heavy atom. The van der Waals surface area contributed by atoms with Crippen LogP contribution in [0.4, 0.5) is 5.69 Å². The predicted octanol–water partition coefficient (Wildman–Crippen LogP) is 2.98. The minimum atomic E-state index is -0.927. The van der Waals surface area contributed by atoms with Gasteiger partial charge in [-0.25, -0.2) is 9.97 Å². The normalized spacial score (nSPS) is 17.7. The van der Waals surface area contributed by atoms with Gasteiger partial charge in [-0.05, 0) is 29.7 Å². The van der Waals surface area contributed by atoms with Crippen molar-refractivity contribution in [1.82, 2.24) is 14.9 Å². The molecule has 2 amide bonds. The second kappa shape index (κ2) is 8.06. The van der Waals surface area contributed by atoms with E-state index in [1.807, 2.05) is 54.6 Å². The molecule has 3 aromatic rings. The molecule has 0 radical (unpaired) electrons. The largest absolute Gasteiger partial charge is 0.340 e. The van der Waals surface area contributed by atoms with Crippen LogP contribution in [0.1, 0.15) is 23.2 Å². The summed E-state index contributed by atoms with van der Waals surface area (Å²) in [5, 5.41) is 0. The molecule has 0 saturated carbocycles. The van der Waals surface area contributed by atoms with Crippen molar-refractivity contribution in [3.63, 3.8) is 0 Å². The molecule has 1 aliphatic heterocycles.